The normalized spacial score (nSPS) is 35.2. The molecule has 2 saturated heterocycles. The molecule has 2 atom stereocenters. The summed E-state index contributed by atoms with van der Waals surface area (Å²) in [5, 5.41) is 0. The number of hydrogen-bond acceptors (Lipinski definition) is 4. The van der Waals surface area contributed by atoms with Gasteiger partial charge < -0.3 is 15.4 Å². The number of hydrogen-bond donors (Lipinski definition) is 1. The third-order valence-corrected chi connectivity index (χ3v) is 4.01. The predicted octanol–water partition coefficient (Wildman–Crippen LogP) is -0.343. The van der Waals surface area contributed by atoms with E-state index in [0.717, 1.165) is 26.1 Å². The van der Waals surface area contributed by atoms with Gasteiger partial charge in [-0.25, -0.2) is 0 Å². The monoisotopic (exact) mass is 241 g/mol. The van der Waals surface area contributed by atoms with Crippen LogP contribution in [0, 0.1) is 0 Å². The standard InChI is InChI=1S/C12H23N3O2/c1-3-10-8-15(6-5-14(10)2)11(16)12(13)4-7-17-9-12/h10H,3-9,13H2,1-2H3. The highest BCUT2D eigenvalue weighted by molar-refractivity contribution is 5.86. The van der Waals surface area contributed by atoms with E-state index < -0.39 is 5.54 Å². The number of carbonyl (C=O) groups excluding carboxylic acids is 1. The maximum absolute atomic E-state index is 12.4. The van der Waals surface area contributed by atoms with Crippen LogP contribution in [0.2, 0.25) is 0 Å². The second-order valence-corrected chi connectivity index (χ2v) is 5.25. The van der Waals surface area contributed by atoms with Crippen molar-refractivity contribution in [2.45, 2.75) is 31.3 Å². The van der Waals surface area contributed by atoms with E-state index in [-0.39, 0.29) is 5.91 Å². The Morgan fingerprint density at radius 3 is 2.88 bits per heavy atom. The Hall–Kier alpha value is -0.650. The lowest BCUT2D eigenvalue weighted by atomic mass is 9.97. The number of amides is 1. The van der Waals surface area contributed by atoms with Crippen molar-refractivity contribution in [2.24, 2.45) is 5.73 Å². The van der Waals surface area contributed by atoms with Crippen LogP contribution in [0.5, 0.6) is 0 Å². The lowest BCUT2D eigenvalue weighted by Gasteiger charge is -2.41. The quantitative estimate of drug-likeness (QED) is 0.718. The van der Waals surface area contributed by atoms with Crippen LogP contribution < -0.4 is 5.73 Å². The Morgan fingerprint density at radius 2 is 2.29 bits per heavy atom. The van der Waals surface area contributed by atoms with Gasteiger partial charge in [0, 0.05) is 32.3 Å². The van der Waals surface area contributed by atoms with Gasteiger partial charge in [-0.05, 0) is 19.9 Å². The second-order valence-electron chi connectivity index (χ2n) is 5.25. The topological polar surface area (TPSA) is 58.8 Å². The molecule has 0 aromatic heterocycles. The molecule has 0 radical (unpaired) electrons. The first kappa shape index (κ1) is 12.8. The first-order valence-corrected chi connectivity index (χ1v) is 6.43. The van der Waals surface area contributed by atoms with Gasteiger partial charge >= 0.3 is 0 Å². The van der Waals surface area contributed by atoms with Crippen LogP contribution in [0.3, 0.4) is 0 Å². The summed E-state index contributed by atoms with van der Waals surface area (Å²) < 4.78 is 5.26. The van der Waals surface area contributed by atoms with Crippen molar-refractivity contribution in [3.8, 4) is 0 Å². The SMILES string of the molecule is CCC1CN(C(=O)C2(N)CCOC2)CCN1C. The van der Waals surface area contributed by atoms with Gasteiger partial charge in [-0.1, -0.05) is 6.92 Å². The smallest absolute Gasteiger partial charge is 0.245 e. The van der Waals surface area contributed by atoms with Gasteiger partial charge in [-0.2, -0.15) is 0 Å². The number of ether oxygens (including phenoxy) is 1. The average molecular weight is 241 g/mol. The largest absolute Gasteiger partial charge is 0.379 e. The number of nitrogens with zero attached hydrogens (tertiary/aromatic N) is 2. The van der Waals surface area contributed by atoms with Gasteiger partial charge in [0.25, 0.3) is 0 Å². The van der Waals surface area contributed by atoms with Crippen LogP contribution in [-0.4, -0.2) is 67.2 Å². The molecule has 0 spiro atoms. The summed E-state index contributed by atoms with van der Waals surface area (Å²) in [6.07, 6.45) is 1.71. The number of piperazine rings is 1. The maximum atomic E-state index is 12.4. The second kappa shape index (κ2) is 4.92. The van der Waals surface area contributed by atoms with Crippen LogP contribution in [0.25, 0.3) is 0 Å². The Morgan fingerprint density at radius 1 is 1.53 bits per heavy atom. The Kier molecular flexibility index (Phi) is 3.70. The van der Waals surface area contributed by atoms with Gasteiger partial charge in [0.15, 0.2) is 0 Å². The van der Waals surface area contributed by atoms with Gasteiger partial charge in [-0.15, -0.1) is 0 Å². The van der Waals surface area contributed by atoms with Gasteiger partial charge in [0.05, 0.1) is 6.61 Å². The molecule has 0 saturated carbocycles. The average Bonchev–Trinajstić information content (AvgIpc) is 2.77. The zero-order valence-electron chi connectivity index (χ0n) is 10.8. The molecular weight excluding hydrogens is 218 g/mol. The zero-order chi connectivity index (χ0) is 12.5. The van der Waals surface area contributed by atoms with Crippen molar-refractivity contribution in [2.75, 3.05) is 39.9 Å². The van der Waals surface area contributed by atoms with Crippen LogP contribution in [-0.2, 0) is 9.53 Å². The van der Waals surface area contributed by atoms with E-state index >= 15 is 0 Å². The molecule has 2 N–H and O–H groups in total. The minimum absolute atomic E-state index is 0.0709. The van der Waals surface area contributed by atoms with E-state index in [1.54, 1.807) is 0 Å². The summed E-state index contributed by atoms with van der Waals surface area (Å²) >= 11 is 0. The highest BCUT2D eigenvalue weighted by Gasteiger charge is 2.42. The lowest BCUT2D eigenvalue weighted by molar-refractivity contribution is -0.139. The summed E-state index contributed by atoms with van der Waals surface area (Å²) in [5.74, 6) is 0.0709. The Bertz CT molecular complexity index is 289. The molecule has 2 fully saturated rings. The van der Waals surface area contributed by atoms with Crippen molar-refractivity contribution in [1.29, 1.82) is 0 Å². The minimum atomic E-state index is -0.770. The molecule has 5 nitrogen and oxygen atoms in total. The number of nitrogens with two attached hydrogens (primary N) is 1. The molecule has 2 rings (SSSR count). The van der Waals surface area contributed by atoms with Crippen LogP contribution in [0.1, 0.15) is 19.8 Å². The van der Waals surface area contributed by atoms with E-state index in [2.05, 4.69) is 18.9 Å². The predicted molar refractivity (Wildman–Crippen MR) is 65.6 cm³/mol. The number of rotatable bonds is 2. The van der Waals surface area contributed by atoms with Crippen molar-refractivity contribution in [3.63, 3.8) is 0 Å². The molecule has 2 aliphatic heterocycles. The molecule has 1 amide bonds. The first-order chi connectivity index (χ1) is 8.07. The molecule has 2 aliphatic rings. The molecule has 0 aliphatic carbocycles. The molecular formula is C12H23N3O2. The molecule has 0 aromatic rings. The molecule has 0 aromatic carbocycles. The van der Waals surface area contributed by atoms with Crippen molar-refractivity contribution >= 4 is 5.91 Å². The van der Waals surface area contributed by atoms with E-state index in [9.17, 15) is 4.79 Å². The number of likely N-dealkylation sites (N-methyl/N-ethyl adjacent to an activating group) is 1. The van der Waals surface area contributed by atoms with E-state index in [0.29, 0.717) is 25.7 Å². The van der Waals surface area contributed by atoms with Crippen LogP contribution in [0.15, 0.2) is 0 Å². The fourth-order valence-corrected chi connectivity index (χ4v) is 2.64. The molecule has 5 heteroatoms. The maximum Gasteiger partial charge on any atom is 0.245 e. The fourth-order valence-electron chi connectivity index (χ4n) is 2.64. The van der Waals surface area contributed by atoms with E-state index in [4.69, 9.17) is 10.5 Å². The molecule has 17 heavy (non-hydrogen) atoms. The highest BCUT2D eigenvalue weighted by Crippen LogP contribution is 2.21. The summed E-state index contributed by atoms with van der Waals surface area (Å²) in [5.41, 5.74) is 5.36. The summed E-state index contributed by atoms with van der Waals surface area (Å²) in [6, 6.07) is 0.457. The van der Waals surface area contributed by atoms with Gasteiger partial charge in [-0.3, -0.25) is 9.69 Å². The van der Waals surface area contributed by atoms with Crippen LogP contribution in [0.4, 0.5) is 0 Å². The van der Waals surface area contributed by atoms with Crippen molar-refractivity contribution < 1.29 is 9.53 Å². The van der Waals surface area contributed by atoms with Crippen molar-refractivity contribution in [3.05, 3.63) is 0 Å². The van der Waals surface area contributed by atoms with E-state index in [1.807, 2.05) is 4.90 Å². The Labute approximate surface area is 103 Å². The Balaban J connectivity index is 2.00. The van der Waals surface area contributed by atoms with E-state index in [1.165, 1.54) is 0 Å². The van der Waals surface area contributed by atoms with Gasteiger partial charge in [0.2, 0.25) is 5.91 Å². The third-order valence-electron chi connectivity index (χ3n) is 4.01. The first-order valence-electron chi connectivity index (χ1n) is 6.43. The minimum Gasteiger partial charge on any atom is -0.379 e. The molecule has 2 unspecified atom stereocenters. The summed E-state index contributed by atoms with van der Waals surface area (Å²) in [7, 11) is 2.12. The van der Waals surface area contributed by atoms with Crippen molar-refractivity contribution in [1.82, 2.24) is 9.80 Å². The summed E-state index contributed by atoms with van der Waals surface area (Å²) in [4.78, 5) is 16.6. The highest BCUT2D eigenvalue weighted by atomic mass is 16.5. The third kappa shape index (κ3) is 2.46. The lowest BCUT2D eigenvalue weighted by Crippen LogP contribution is -2.61. The summed E-state index contributed by atoms with van der Waals surface area (Å²) in [6.45, 7) is 5.64. The molecule has 2 heterocycles. The molecule has 0 bridgehead atoms. The number of carbonyl (C=O) groups is 1. The molecule has 98 valence electrons. The fraction of sp³-hybridized carbons (Fsp3) is 0.917. The zero-order valence-corrected chi connectivity index (χ0v) is 10.8. The van der Waals surface area contributed by atoms with Gasteiger partial charge in [0.1, 0.15) is 5.54 Å². The van der Waals surface area contributed by atoms with Crippen LogP contribution >= 0.6 is 0 Å².